The van der Waals surface area contributed by atoms with Gasteiger partial charge in [-0.15, -0.1) is 0 Å². The molecule has 0 saturated carbocycles. The third-order valence-electron chi connectivity index (χ3n) is 11.2. The van der Waals surface area contributed by atoms with E-state index < -0.39 is 12.0 Å². The van der Waals surface area contributed by atoms with Crippen molar-refractivity contribution >= 4 is 17.8 Å². The summed E-state index contributed by atoms with van der Waals surface area (Å²) < 4.78 is 6.04. The average Bonchev–Trinajstić information content (AvgIpc) is 3.21. The zero-order chi connectivity index (χ0) is 42.4. The number of hydrogen-bond donors (Lipinski definition) is 3. The fourth-order valence-electron chi connectivity index (χ4n) is 7.42. The van der Waals surface area contributed by atoms with Crippen LogP contribution in [-0.4, -0.2) is 41.6 Å². The van der Waals surface area contributed by atoms with Crippen LogP contribution in [-0.2, 0) is 19.1 Å². The van der Waals surface area contributed by atoms with E-state index in [0.29, 0.717) is 32.2 Å². The number of rotatable bonds is 45. The maximum Gasteiger partial charge on any atom is 0.326 e. The number of amides is 1. The van der Waals surface area contributed by atoms with Gasteiger partial charge in [0.1, 0.15) is 12.1 Å². The lowest BCUT2D eigenvalue weighted by Gasteiger charge is -2.18. The minimum absolute atomic E-state index is 0.0305. The first-order chi connectivity index (χ1) is 28.4. The van der Waals surface area contributed by atoms with Gasteiger partial charge in [-0.3, -0.25) is 9.59 Å². The number of carbonyl (C=O) groups excluding carboxylic acids is 2. The van der Waals surface area contributed by atoms with Crippen LogP contribution >= 0.6 is 0 Å². The molecule has 0 aliphatic rings. The van der Waals surface area contributed by atoms with Crippen molar-refractivity contribution in [2.75, 3.05) is 6.54 Å². The van der Waals surface area contributed by atoms with Gasteiger partial charge < -0.3 is 20.9 Å². The van der Waals surface area contributed by atoms with Crippen molar-refractivity contribution in [3.63, 3.8) is 0 Å². The molecule has 0 aliphatic carbocycles. The molecule has 4 N–H and O–H groups in total. The number of ether oxygens (including phenoxy) is 1. The lowest BCUT2D eigenvalue weighted by atomic mass is 10.0. The predicted molar refractivity (Wildman–Crippen MR) is 248 cm³/mol. The number of carboxylic acid groups (broad SMARTS) is 1. The number of carbonyl (C=O) groups is 3. The summed E-state index contributed by atoms with van der Waals surface area (Å²) in [6.07, 6.45) is 54.9. The molecule has 0 spiro atoms. The van der Waals surface area contributed by atoms with Crippen LogP contribution in [0.3, 0.4) is 0 Å². The van der Waals surface area contributed by atoms with E-state index in [1.165, 1.54) is 135 Å². The molecule has 0 aliphatic heterocycles. The Balaban J connectivity index is 4.22. The summed E-state index contributed by atoms with van der Waals surface area (Å²) in [5.74, 6) is -1.26. The Morgan fingerprint density at radius 3 is 1.45 bits per heavy atom. The fraction of sp³-hybridized carbons (Fsp3) is 0.824. The Labute approximate surface area is 358 Å². The summed E-state index contributed by atoms with van der Waals surface area (Å²) >= 11 is 0. The van der Waals surface area contributed by atoms with Crippen molar-refractivity contribution in [3.8, 4) is 0 Å². The van der Waals surface area contributed by atoms with E-state index in [1.54, 1.807) is 0 Å². The molecule has 2 unspecified atom stereocenters. The van der Waals surface area contributed by atoms with Crippen LogP contribution in [0, 0.1) is 0 Å². The standard InChI is InChI=1S/C51H94N2O5/c1-3-5-7-9-11-13-15-16-17-18-19-20-21-22-23-24-26-28-30-35-39-45-50(55)58-47(41-36-32-29-27-25-14-12-10-8-6-4-2)42-37-33-31-34-38-44-49(54)53-48(51(56)57)43-40-46-52/h12,14,18-19,27,29,47-48H,3-11,13,15-17,20-26,28,30-46,52H2,1-2H3,(H,53,54)(H,56,57)/b14-12-,19-18-,29-27-. The normalized spacial score (nSPS) is 12.9. The number of nitrogens with two attached hydrogens (primary N) is 1. The molecule has 0 fully saturated rings. The molecule has 0 heterocycles. The Morgan fingerprint density at radius 2 is 0.914 bits per heavy atom. The number of allylic oxidation sites excluding steroid dienone is 6. The minimum Gasteiger partial charge on any atom is -0.480 e. The van der Waals surface area contributed by atoms with Crippen LogP contribution in [0.2, 0.25) is 0 Å². The Morgan fingerprint density at radius 1 is 0.500 bits per heavy atom. The first kappa shape index (κ1) is 55.6. The van der Waals surface area contributed by atoms with Gasteiger partial charge in [-0.2, -0.15) is 0 Å². The summed E-state index contributed by atoms with van der Waals surface area (Å²) in [6, 6.07) is -0.861. The highest BCUT2D eigenvalue weighted by atomic mass is 16.5. The third-order valence-corrected chi connectivity index (χ3v) is 11.2. The highest BCUT2D eigenvalue weighted by molar-refractivity contribution is 5.83. The molecule has 0 radical (unpaired) electrons. The van der Waals surface area contributed by atoms with E-state index in [0.717, 1.165) is 77.0 Å². The summed E-state index contributed by atoms with van der Waals surface area (Å²) in [5, 5.41) is 12.0. The molecule has 0 saturated heterocycles. The Bertz CT molecular complexity index is 1010. The molecule has 58 heavy (non-hydrogen) atoms. The smallest absolute Gasteiger partial charge is 0.326 e. The van der Waals surface area contributed by atoms with Gasteiger partial charge >= 0.3 is 11.9 Å². The molecule has 0 rings (SSSR count). The van der Waals surface area contributed by atoms with Crippen LogP contribution in [0.1, 0.15) is 251 Å². The average molecular weight is 815 g/mol. The summed E-state index contributed by atoms with van der Waals surface area (Å²) in [7, 11) is 0. The van der Waals surface area contributed by atoms with Gasteiger partial charge in [0.25, 0.3) is 0 Å². The van der Waals surface area contributed by atoms with E-state index in [2.05, 4.69) is 55.6 Å². The van der Waals surface area contributed by atoms with E-state index in [1.807, 2.05) is 0 Å². The Kier molecular flexibility index (Phi) is 43.8. The highest BCUT2D eigenvalue weighted by Crippen LogP contribution is 2.18. The fourth-order valence-corrected chi connectivity index (χ4v) is 7.42. The summed E-state index contributed by atoms with van der Waals surface area (Å²) in [5.41, 5.74) is 5.49. The van der Waals surface area contributed by atoms with Crippen molar-refractivity contribution in [3.05, 3.63) is 36.5 Å². The van der Waals surface area contributed by atoms with E-state index in [9.17, 15) is 19.5 Å². The third kappa shape index (κ3) is 41.7. The van der Waals surface area contributed by atoms with Crippen molar-refractivity contribution in [2.45, 2.75) is 264 Å². The quantitative estimate of drug-likeness (QED) is 0.0320. The molecular weight excluding hydrogens is 721 g/mol. The molecule has 7 heteroatoms. The first-order valence-corrected chi connectivity index (χ1v) is 24.8. The van der Waals surface area contributed by atoms with Gasteiger partial charge in [0.15, 0.2) is 0 Å². The van der Waals surface area contributed by atoms with Gasteiger partial charge in [0.2, 0.25) is 5.91 Å². The van der Waals surface area contributed by atoms with Gasteiger partial charge in [-0.05, 0) is 109 Å². The lowest BCUT2D eigenvalue weighted by molar-refractivity contribution is -0.150. The number of unbranched alkanes of at least 4 members (excludes halogenated alkanes) is 25. The van der Waals surface area contributed by atoms with Crippen molar-refractivity contribution in [2.24, 2.45) is 5.73 Å². The number of esters is 1. The second kappa shape index (κ2) is 45.7. The zero-order valence-corrected chi connectivity index (χ0v) is 38.1. The number of hydrogen-bond acceptors (Lipinski definition) is 5. The maximum atomic E-state index is 12.8. The van der Waals surface area contributed by atoms with Crippen LogP contribution in [0.25, 0.3) is 0 Å². The Hall–Kier alpha value is -2.41. The lowest BCUT2D eigenvalue weighted by Crippen LogP contribution is -2.40. The van der Waals surface area contributed by atoms with Gasteiger partial charge in [-0.25, -0.2) is 4.79 Å². The van der Waals surface area contributed by atoms with E-state index in [4.69, 9.17) is 10.5 Å². The molecule has 0 aromatic heterocycles. The molecule has 0 aromatic carbocycles. The maximum absolute atomic E-state index is 12.8. The number of aliphatic carboxylic acids is 1. The van der Waals surface area contributed by atoms with Crippen LogP contribution < -0.4 is 11.1 Å². The van der Waals surface area contributed by atoms with Crippen molar-refractivity contribution < 1.29 is 24.2 Å². The molecule has 338 valence electrons. The first-order valence-electron chi connectivity index (χ1n) is 24.8. The number of nitrogens with one attached hydrogen (secondary N) is 1. The number of carboxylic acids is 1. The van der Waals surface area contributed by atoms with Crippen molar-refractivity contribution in [1.29, 1.82) is 0 Å². The molecular formula is C51H94N2O5. The summed E-state index contributed by atoms with van der Waals surface area (Å²) in [4.78, 5) is 36.5. The topological polar surface area (TPSA) is 119 Å². The van der Waals surface area contributed by atoms with Crippen LogP contribution in [0.4, 0.5) is 0 Å². The molecule has 1 amide bonds. The highest BCUT2D eigenvalue weighted by Gasteiger charge is 2.19. The molecule has 0 aromatic rings. The van der Waals surface area contributed by atoms with Crippen molar-refractivity contribution in [1.82, 2.24) is 5.32 Å². The predicted octanol–water partition coefficient (Wildman–Crippen LogP) is 14.6. The van der Waals surface area contributed by atoms with E-state index in [-0.39, 0.29) is 18.0 Å². The van der Waals surface area contributed by atoms with Gasteiger partial charge in [0, 0.05) is 12.8 Å². The van der Waals surface area contributed by atoms with Crippen LogP contribution in [0.5, 0.6) is 0 Å². The van der Waals surface area contributed by atoms with E-state index >= 15 is 0 Å². The monoisotopic (exact) mass is 815 g/mol. The minimum atomic E-state index is -1.01. The van der Waals surface area contributed by atoms with Gasteiger partial charge in [0.05, 0.1) is 0 Å². The van der Waals surface area contributed by atoms with Crippen LogP contribution in [0.15, 0.2) is 36.5 Å². The summed E-state index contributed by atoms with van der Waals surface area (Å²) in [6.45, 7) is 4.93. The second-order valence-electron chi connectivity index (χ2n) is 16.9. The molecule has 0 bridgehead atoms. The SMILES string of the molecule is CCCCC/C=C\C/C=C\CCCC(CCCCCCCC(=O)NC(CCCN)C(=O)O)OC(=O)CCCCCCCCCCC/C=C\CCCCCCCCCC. The zero-order valence-electron chi connectivity index (χ0n) is 38.1. The molecule has 7 nitrogen and oxygen atoms in total. The largest absolute Gasteiger partial charge is 0.480 e. The second-order valence-corrected chi connectivity index (χ2v) is 16.9. The molecule has 2 atom stereocenters. The van der Waals surface area contributed by atoms with Gasteiger partial charge in [-0.1, -0.05) is 172 Å².